The van der Waals surface area contributed by atoms with E-state index in [1.54, 1.807) is 11.3 Å². The molecule has 0 unspecified atom stereocenters. The first-order valence-electron chi connectivity index (χ1n) is 7.83. The van der Waals surface area contributed by atoms with Crippen molar-refractivity contribution in [2.75, 3.05) is 13.1 Å². The zero-order valence-corrected chi connectivity index (χ0v) is 14.0. The molecular formula is C17H23N3OS. The maximum absolute atomic E-state index is 12.3. The van der Waals surface area contributed by atoms with E-state index in [9.17, 15) is 4.79 Å². The first kappa shape index (κ1) is 15.3. The van der Waals surface area contributed by atoms with E-state index in [2.05, 4.69) is 46.2 Å². The fourth-order valence-corrected chi connectivity index (χ4v) is 3.99. The molecule has 0 aromatic carbocycles. The van der Waals surface area contributed by atoms with Crippen molar-refractivity contribution in [3.05, 3.63) is 46.4 Å². The molecule has 0 aliphatic carbocycles. The number of hydrogen-bond donors (Lipinski definition) is 1. The molecule has 118 valence electrons. The minimum absolute atomic E-state index is 0.0867. The lowest BCUT2D eigenvalue weighted by Crippen LogP contribution is -2.38. The van der Waals surface area contributed by atoms with Gasteiger partial charge in [0.2, 0.25) is 5.91 Å². The van der Waals surface area contributed by atoms with Crippen LogP contribution in [0.25, 0.3) is 0 Å². The third-order valence-electron chi connectivity index (χ3n) is 4.38. The van der Waals surface area contributed by atoms with Crippen LogP contribution in [0.4, 0.5) is 0 Å². The topological polar surface area (TPSA) is 37.3 Å². The van der Waals surface area contributed by atoms with Gasteiger partial charge in [0.05, 0.1) is 18.6 Å². The number of carbonyl (C=O) groups excluding carboxylic acids is 1. The van der Waals surface area contributed by atoms with Gasteiger partial charge < -0.3 is 9.88 Å². The third kappa shape index (κ3) is 3.25. The fourth-order valence-electron chi connectivity index (χ4n) is 3.25. The predicted octanol–water partition coefficient (Wildman–Crippen LogP) is 3.10. The van der Waals surface area contributed by atoms with Crippen LogP contribution in [0.1, 0.15) is 42.4 Å². The van der Waals surface area contributed by atoms with Crippen LogP contribution >= 0.6 is 11.3 Å². The Morgan fingerprint density at radius 2 is 2.32 bits per heavy atom. The summed E-state index contributed by atoms with van der Waals surface area (Å²) in [6.07, 6.45) is 4.36. The van der Waals surface area contributed by atoms with Crippen molar-refractivity contribution in [1.82, 2.24) is 14.8 Å². The smallest absolute Gasteiger partial charge is 0.234 e. The molecular weight excluding hydrogens is 294 g/mol. The van der Waals surface area contributed by atoms with Crippen LogP contribution in [0, 0.1) is 0 Å². The summed E-state index contributed by atoms with van der Waals surface area (Å²) in [6, 6.07) is 8.78. The Morgan fingerprint density at radius 1 is 1.45 bits per heavy atom. The minimum atomic E-state index is 0.0867. The maximum Gasteiger partial charge on any atom is 0.234 e. The lowest BCUT2D eigenvalue weighted by atomic mass is 10.1. The van der Waals surface area contributed by atoms with E-state index in [1.807, 2.05) is 18.4 Å². The number of likely N-dealkylation sites (tertiary alicyclic amines) is 1. The SMILES string of the molecule is C[C@H](NC(=O)CN1CCC[C@H]1c1cccn1C)c1cccs1. The molecule has 2 aromatic heterocycles. The Morgan fingerprint density at radius 3 is 3.00 bits per heavy atom. The number of nitrogens with zero attached hydrogens (tertiary/aromatic N) is 2. The highest BCUT2D eigenvalue weighted by atomic mass is 32.1. The summed E-state index contributed by atoms with van der Waals surface area (Å²) < 4.78 is 2.16. The summed E-state index contributed by atoms with van der Waals surface area (Å²) in [5.74, 6) is 0.113. The number of aromatic nitrogens is 1. The van der Waals surface area contributed by atoms with Crippen molar-refractivity contribution < 1.29 is 4.79 Å². The first-order chi connectivity index (χ1) is 10.6. The molecule has 2 aromatic rings. The van der Waals surface area contributed by atoms with Crippen LogP contribution in [0.5, 0.6) is 0 Å². The number of thiophene rings is 1. The summed E-state index contributed by atoms with van der Waals surface area (Å²) in [7, 11) is 2.07. The molecule has 2 atom stereocenters. The summed E-state index contributed by atoms with van der Waals surface area (Å²) >= 11 is 1.68. The highest BCUT2D eigenvalue weighted by molar-refractivity contribution is 7.10. The molecule has 1 N–H and O–H groups in total. The quantitative estimate of drug-likeness (QED) is 0.920. The Kier molecular flexibility index (Phi) is 4.64. The highest BCUT2D eigenvalue weighted by Gasteiger charge is 2.29. The molecule has 3 rings (SSSR count). The molecule has 22 heavy (non-hydrogen) atoms. The molecule has 0 bridgehead atoms. The Labute approximate surface area is 135 Å². The lowest BCUT2D eigenvalue weighted by molar-refractivity contribution is -0.123. The van der Waals surface area contributed by atoms with Gasteiger partial charge >= 0.3 is 0 Å². The molecule has 5 heteroatoms. The van der Waals surface area contributed by atoms with Gasteiger partial charge in [-0.1, -0.05) is 6.07 Å². The lowest BCUT2D eigenvalue weighted by Gasteiger charge is -2.25. The zero-order chi connectivity index (χ0) is 15.5. The van der Waals surface area contributed by atoms with Crippen molar-refractivity contribution in [1.29, 1.82) is 0 Å². The average molecular weight is 317 g/mol. The van der Waals surface area contributed by atoms with E-state index < -0.39 is 0 Å². The van der Waals surface area contributed by atoms with Crippen molar-refractivity contribution >= 4 is 17.2 Å². The summed E-state index contributed by atoms with van der Waals surface area (Å²) in [6.45, 7) is 3.52. The van der Waals surface area contributed by atoms with Gasteiger partial charge in [0, 0.05) is 23.8 Å². The number of carbonyl (C=O) groups is 1. The molecule has 1 saturated heterocycles. The van der Waals surface area contributed by atoms with Crippen LogP contribution in [0.2, 0.25) is 0 Å². The van der Waals surface area contributed by atoms with Gasteiger partial charge in [-0.3, -0.25) is 9.69 Å². The van der Waals surface area contributed by atoms with E-state index in [0.29, 0.717) is 12.6 Å². The van der Waals surface area contributed by atoms with Gasteiger partial charge in [-0.15, -0.1) is 11.3 Å². The largest absolute Gasteiger partial charge is 0.353 e. The molecule has 0 saturated carbocycles. The number of aryl methyl sites for hydroxylation is 1. The summed E-state index contributed by atoms with van der Waals surface area (Å²) in [5.41, 5.74) is 1.30. The number of amides is 1. The first-order valence-corrected chi connectivity index (χ1v) is 8.71. The van der Waals surface area contributed by atoms with Crippen LogP contribution in [-0.2, 0) is 11.8 Å². The van der Waals surface area contributed by atoms with Gasteiger partial charge in [-0.05, 0) is 49.9 Å². The zero-order valence-electron chi connectivity index (χ0n) is 13.2. The summed E-state index contributed by atoms with van der Waals surface area (Å²) in [5, 5.41) is 5.16. The highest BCUT2D eigenvalue weighted by Crippen LogP contribution is 2.31. The van der Waals surface area contributed by atoms with E-state index >= 15 is 0 Å². The van der Waals surface area contributed by atoms with Crippen molar-refractivity contribution in [2.45, 2.75) is 31.8 Å². The van der Waals surface area contributed by atoms with Gasteiger partial charge in [-0.2, -0.15) is 0 Å². The molecule has 1 aliphatic rings. The normalized spacial score (nSPS) is 20.2. The molecule has 0 spiro atoms. The van der Waals surface area contributed by atoms with Crippen molar-refractivity contribution in [3.8, 4) is 0 Å². The Hall–Kier alpha value is -1.59. The maximum atomic E-state index is 12.3. The third-order valence-corrected chi connectivity index (χ3v) is 5.44. The second kappa shape index (κ2) is 6.67. The standard InChI is InChI=1S/C17H23N3OS/c1-13(16-8-5-11-22-16)18-17(21)12-20-10-4-7-15(20)14-6-3-9-19(14)2/h3,5-6,8-9,11,13,15H,4,7,10,12H2,1-2H3,(H,18,21)/t13-,15-/m0/s1. The van der Waals surface area contributed by atoms with Crippen LogP contribution < -0.4 is 5.32 Å². The molecule has 0 radical (unpaired) electrons. The van der Waals surface area contributed by atoms with Crippen molar-refractivity contribution in [2.24, 2.45) is 7.05 Å². The van der Waals surface area contributed by atoms with Gasteiger partial charge in [-0.25, -0.2) is 0 Å². The Bertz CT molecular complexity index is 620. The predicted molar refractivity (Wildman–Crippen MR) is 89.8 cm³/mol. The van der Waals surface area contributed by atoms with E-state index in [4.69, 9.17) is 0 Å². The number of nitrogens with one attached hydrogen (secondary N) is 1. The molecule has 3 heterocycles. The van der Waals surface area contributed by atoms with E-state index in [-0.39, 0.29) is 11.9 Å². The number of hydrogen-bond acceptors (Lipinski definition) is 3. The second-order valence-electron chi connectivity index (χ2n) is 5.98. The van der Waals surface area contributed by atoms with Crippen LogP contribution in [0.15, 0.2) is 35.8 Å². The molecule has 4 nitrogen and oxygen atoms in total. The van der Waals surface area contributed by atoms with Gasteiger partial charge in [0.15, 0.2) is 0 Å². The van der Waals surface area contributed by atoms with E-state index in [1.165, 1.54) is 10.6 Å². The second-order valence-corrected chi connectivity index (χ2v) is 6.96. The molecule has 1 amide bonds. The van der Waals surface area contributed by atoms with E-state index in [0.717, 1.165) is 19.4 Å². The minimum Gasteiger partial charge on any atom is -0.353 e. The molecule has 1 fully saturated rings. The molecule has 1 aliphatic heterocycles. The average Bonchev–Trinajstić information content (AvgIpc) is 3.19. The number of rotatable bonds is 5. The summed E-state index contributed by atoms with van der Waals surface area (Å²) in [4.78, 5) is 15.8. The Balaban J connectivity index is 1.60. The monoisotopic (exact) mass is 317 g/mol. The fraction of sp³-hybridized carbons (Fsp3) is 0.471. The van der Waals surface area contributed by atoms with Gasteiger partial charge in [0.25, 0.3) is 0 Å². The van der Waals surface area contributed by atoms with Crippen LogP contribution in [-0.4, -0.2) is 28.5 Å². The van der Waals surface area contributed by atoms with Crippen molar-refractivity contribution in [3.63, 3.8) is 0 Å². The van der Waals surface area contributed by atoms with Gasteiger partial charge in [0.1, 0.15) is 0 Å². The van der Waals surface area contributed by atoms with Crippen LogP contribution in [0.3, 0.4) is 0 Å².